The SMILES string of the molecule is CCCCCCC(=O)N1CC[C@@H](C)C1. The molecule has 1 aliphatic heterocycles. The molecule has 0 aromatic rings. The molecular formula is C12H23NO. The van der Waals surface area contributed by atoms with Crippen LogP contribution in [-0.4, -0.2) is 23.9 Å². The van der Waals surface area contributed by atoms with Crippen LogP contribution in [0.2, 0.25) is 0 Å². The zero-order chi connectivity index (χ0) is 10.4. The van der Waals surface area contributed by atoms with Crippen molar-refractivity contribution >= 4 is 5.91 Å². The molecular weight excluding hydrogens is 174 g/mol. The van der Waals surface area contributed by atoms with Gasteiger partial charge in [-0.2, -0.15) is 0 Å². The summed E-state index contributed by atoms with van der Waals surface area (Å²) in [5, 5.41) is 0. The number of hydrogen-bond donors (Lipinski definition) is 0. The van der Waals surface area contributed by atoms with Crippen molar-refractivity contribution in [3.63, 3.8) is 0 Å². The van der Waals surface area contributed by atoms with Gasteiger partial charge in [0, 0.05) is 19.5 Å². The van der Waals surface area contributed by atoms with Crippen molar-refractivity contribution < 1.29 is 4.79 Å². The highest BCUT2D eigenvalue weighted by Gasteiger charge is 2.22. The number of hydrogen-bond acceptors (Lipinski definition) is 1. The largest absolute Gasteiger partial charge is 0.342 e. The minimum Gasteiger partial charge on any atom is -0.342 e. The summed E-state index contributed by atoms with van der Waals surface area (Å²) in [6.45, 7) is 6.41. The van der Waals surface area contributed by atoms with E-state index in [1.807, 2.05) is 4.90 Å². The molecule has 1 heterocycles. The molecule has 1 aliphatic rings. The Hall–Kier alpha value is -0.530. The number of nitrogens with zero attached hydrogens (tertiary/aromatic N) is 1. The van der Waals surface area contributed by atoms with Gasteiger partial charge in [0.1, 0.15) is 0 Å². The molecule has 1 atom stereocenters. The lowest BCUT2D eigenvalue weighted by Crippen LogP contribution is -2.28. The lowest BCUT2D eigenvalue weighted by Gasteiger charge is -2.15. The third-order valence-corrected chi connectivity index (χ3v) is 3.02. The van der Waals surface area contributed by atoms with Gasteiger partial charge < -0.3 is 4.90 Å². The Morgan fingerprint density at radius 1 is 1.36 bits per heavy atom. The third-order valence-electron chi connectivity index (χ3n) is 3.02. The molecule has 0 aliphatic carbocycles. The van der Waals surface area contributed by atoms with Gasteiger partial charge in [-0.15, -0.1) is 0 Å². The van der Waals surface area contributed by atoms with Crippen molar-refractivity contribution in [1.82, 2.24) is 4.90 Å². The van der Waals surface area contributed by atoms with E-state index in [9.17, 15) is 4.79 Å². The second-order valence-electron chi connectivity index (χ2n) is 4.54. The van der Waals surface area contributed by atoms with Crippen LogP contribution in [0.4, 0.5) is 0 Å². The van der Waals surface area contributed by atoms with E-state index in [2.05, 4.69) is 13.8 Å². The summed E-state index contributed by atoms with van der Waals surface area (Å²) in [7, 11) is 0. The minimum absolute atomic E-state index is 0.380. The van der Waals surface area contributed by atoms with Crippen LogP contribution in [-0.2, 0) is 4.79 Å². The van der Waals surface area contributed by atoms with Crippen LogP contribution in [0.3, 0.4) is 0 Å². The maximum absolute atomic E-state index is 11.7. The summed E-state index contributed by atoms with van der Waals surface area (Å²) in [5.41, 5.74) is 0. The van der Waals surface area contributed by atoms with Crippen molar-refractivity contribution in [2.24, 2.45) is 5.92 Å². The molecule has 1 rings (SSSR count). The molecule has 0 radical (unpaired) electrons. The fraction of sp³-hybridized carbons (Fsp3) is 0.917. The first-order valence-corrected chi connectivity index (χ1v) is 6.01. The summed E-state index contributed by atoms with van der Waals surface area (Å²) >= 11 is 0. The molecule has 0 aromatic heterocycles. The fourth-order valence-corrected chi connectivity index (χ4v) is 2.02. The molecule has 2 heteroatoms. The van der Waals surface area contributed by atoms with Gasteiger partial charge in [0.25, 0.3) is 0 Å². The van der Waals surface area contributed by atoms with Gasteiger partial charge in [0.15, 0.2) is 0 Å². The van der Waals surface area contributed by atoms with Gasteiger partial charge in [-0.3, -0.25) is 4.79 Å². The molecule has 0 saturated carbocycles. The molecule has 2 nitrogen and oxygen atoms in total. The predicted molar refractivity (Wildman–Crippen MR) is 59.1 cm³/mol. The first-order valence-electron chi connectivity index (χ1n) is 6.01. The molecule has 0 aromatic carbocycles. The zero-order valence-electron chi connectivity index (χ0n) is 9.59. The van der Waals surface area contributed by atoms with E-state index in [0.29, 0.717) is 5.91 Å². The molecule has 0 bridgehead atoms. The van der Waals surface area contributed by atoms with Crippen molar-refractivity contribution in [3.8, 4) is 0 Å². The Bertz CT molecular complexity index is 179. The van der Waals surface area contributed by atoms with Crippen molar-refractivity contribution in [2.45, 2.75) is 52.4 Å². The highest BCUT2D eigenvalue weighted by Crippen LogP contribution is 2.16. The van der Waals surface area contributed by atoms with Gasteiger partial charge >= 0.3 is 0 Å². The summed E-state index contributed by atoms with van der Waals surface area (Å²) in [6, 6.07) is 0. The molecule has 82 valence electrons. The Morgan fingerprint density at radius 2 is 2.14 bits per heavy atom. The number of carbonyl (C=O) groups is 1. The molecule has 0 N–H and O–H groups in total. The van der Waals surface area contributed by atoms with Gasteiger partial charge in [-0.25, -0.2) is 0 Å². The fourth-order valence-electron chi connectivity index (χ4n) is 2.02. The topological polar surface area (TPSA) is 20.3 Å². The summed E-state index contributed by atoms with van der Waals surface area (Å²) < 4.78 is 0. The van der Waals surface area contributed by atoms with E-state index in [1.54, 1.807) is 0 Å². The maximum Gasteiger partial charge on any atom is 0.222 e. The predicted octanol–water partition coefficient (Wildman–Crippen LogP) is 2.83. The number of carbonyl (C=O) groups excluding carboxylic acids is 1. The van der Waals surface area contributed by atoms with Crippen LogP contribution in [0.5, 0.6) is 0 Å². The van der Waals surface area contributed by atoms with E-state index in [1.165, 1.54) is 25.7 Å². The normalized spacial score (nSPS) is 21.6. The van der Waals surface area contributed by atoms with Crippen LogP contribution in [0, 0.1) is 5.92 Å². The molecule has 0 unspecified atom stereocenters. The van der Waals surface area contributed by atoms with E-state index in [0.717, 1.165) is 31.8 Å². The smallest absolute Gasteiger partial charge is 0.222 e. The van der Waals surface area contributed by atoms with E-state index < -0.39 is 0 Å². The van der Waals surface area contributed by atoms with Gasteiger partial charge in [-0.1, -0.05) is 33.1 Å². The number of rotatable bonds is 5. The van der Waals surface area contributed by atoms with Crippen LogP contribution in [0.15, 0.2) is 0 Å². The quantitative estimate of drug-likeness (QED) is 0.621. The number of unbranched alkanes of at least 4 members (excludes halogenated alkanes) is 3. The standard InChI is InChI=1S/C12H23NO/c1-3-4-5-6-7-12(14)13-9-8-11(2)10-13/h11H,3-10H2,1-2H3/t11-/m1/s1. The van der Waals surface area contributed by atoms with Gasteiger partial charge in [-0.05, 0) is 18.8 Å². The van der Waals surface area contributed by atoms with Crippen molar-refractivity contribution in [1.29, 1.82) is 0 Å². The first kappa shape index (κ1) is 11.5. The summed E-state index contributed by atoms with van der Waals surface area (Å²) in [4.78, 5) is 13.7. The maximum atomic E-state index is 11.7. The Kier molecular flexibility index (Phi) is 4.99. The minimum atomic E-state index is 0.380. The Balaban J connectivity index is 2.09. The average molecular weight is 197 g/mol. The average Bonchev–Trinajstić information content (AvgIpc) is 2.59. The van der Waals surface area contributed by atoms with Crippen LogP contribution < -0.4 is 0 Å². The Morgan fingerprint density at radius 3 is 2.71 bits per heavy atom. The van der Waals surface area contributed by atoms with E-state index in [4.69, 9.17) is 0 Å². The summed E-state index contributed by atoms with van der Waals surface area (Å²) in [6.07, 6.45) is 6.77. The van der Waals surface area contributed by atoms with Crippen molar-refractivity contribution in [2.75, 3.05) is 13.1 Å². The van der Waals surface area contributed by atoms with Crippen LogP contribution in [0.1, 0.15) is 52.4 Å². The van der Waals surface area contributed by atoms with Gasteiger partial charge in [0.2, 0.25) is 5.91 Å². The van der Waals surface area contributed by atoms with Crippen LogP contribution in [0.25, 0.3) is 0 Å². The van der Waals surface area contributed by atoms with E-state index in [-0.39, 0.29) is 0 Å². The highest BCUT2D eigenvalue weighted by molar-refractivity contribution is 5.76. The third kappa shape index (κ3) is 3.69. The second-order valence-corrected chi connectivity index (χ2v) is 4.54. The monoisotopic (exact) mass is 197 g/mol. The van der Waals surface area contributed by atoms with Crippen molar-refractivity contribution in [3.05, 3.63) is 0 Å². The molecule has 14 heavy (non-hydrogen) atoms. The highest BCUT2D eigenvalue weighted by atomic mass is 16.2. The summed E-state index contributed by atoms with van der Waals surface area (Å²) in [5.74, 6) is 1.10. The molecule has 1 amide bonds. The molecule has 1 saturated heterocycles. The number of amides is 1. The van der Waals surface area contributed by atoms with Gasteiger partial charge in [0.05, 0.1) is 0 Å². The van der Waals surface area contributed by atoms with E-state index >= 15 is 0 Å². The first-order chi connectivity index (χ1) is 6.74. The zero-order valence-corrected chi connectivity index (χ0v) is 9.59. The Labute approximate surface area is 87.7 Å². The second kappa shape index (κ2) is 6.05. The number of likely N-dealkylation sites (tertiary alicyclic amines) is 1. The van der Waals surface area contributed by atoms with Crippen LogP contribution >= 0.6 is 0 Å². The lowest BCUT2D eigenvalue weighted by atomic mass is 10.1. The molecule has 0 spiro atoms. The lowest BCUT2D eigenvalue weighted by molar-refractivity contribution is -0.130. The molecule has 1 fully saturated rings.